The van der Waals surface area contributed by atoms with Gasteiger partial charge in [0.25, 0.3) is 0 Å². The number of nitrogens with one attached hydrogen (secondary N) is 2. The first-order chi connectivity index (χ1) is 8.81. The topological polar surface area (TPSA) is 54.0 Å². The molecule has 1 fully saturated rings. The average molecular weight is 265 g/mol. The Bertz CT molecular complexity index is 414. The molecule has 1 unspecified atom stereocenters. The van der Waals surface area contributed by atoms with E-state index in [1.807, 2.05) is 0 Å². The first-order valence-corrected chi connectivity index (χ1v) is 7.65. The second kappa shape index (κ2) is 5.36. The molecule has 1 aliphatic heterocycles. The quantitative estimate of drug-likeness (QED) is 0.880. The number of nitrogens with zero attached hydrogens (tertiary/aromatic N) is 1. The molecule has 3 rings (SSSR count). The second-order valence-corrected chi connectivity index (χ2v) is 6.23. The summed E-state index contributed by atoms with van der Waals surface area (Å²) < 4.78 is 0. The Kier molecular flexibility index (Phi) is 3.61. The van der Waals surface area contributed by atoms with Crippen LogP contribution in [0, 0.1) is 0 Å². The van der Waals surface area contributed by atoms with Crippen molar-refractivity contribution in [3.8, 4) is 0 Å². The van der Waals surface area contributed by atoms with Gasteiger partial charge in [0, 0.05) is 17.3 Å². The van der Waals surface area contributed by atoms with Gasteiger partial charge in [-0.3, -0.25) is 4.79 Å². The molecule has 2 aliphatic rings. The molecular weight excluding hydrogens is 246 g/mol. The number of thiazole rings is 1. The van der Waals surface area contributed by atoms with Crippen molar-refractivity contribution < 1.29 is 4.79 Å². The summed E-state index contributed by atoms with van der Waals surface area (Å²) in [4.78, 5) is 17.8. The molecule has 98 valence electrons. The largest absolute Gasteiger partial charge is 0.313 e. The monoisotopic (exact) mass is 265 g/mol. The maximum Gasteiger partial charge on any atom is 0.227 e. The lowest BCUT2D eigenvalue weighted by molar-refractivity contribution is -0.116. The number of hydrogen-bond acceptors (Lipinski definition) is 4. The molecule has 0 radical (unpaired) electrons. The Morgan fingerprint density at radius 3 is 3.06 bits per heavy atom. The number of rotatable bonds is 3. The third-order valence-corrected chi connectivity index (χ3v) is 4.76. The van der Waals surface area contributed by atoms with Crippen LogP contribution in [0.4, 0.5) is 5.13 Å². The van der Waals surface area contributed by atoms with E-state index in [1.165, 1.54) is 29.8 Å². The van der Waals surface area contributed by atoms with Crippen LogP contribution in [-0.4, -0.2) is 23.5 Å². The van der Waals surface area contributed by atoms with Gasteiger partial charge in [-0.15, -0.1) is 11.3 Å². The van der Waals surface area contributed by atoms with E-state index >= 15 is 0 Å². The zero-order chi connectivity index (χ0) is 12.4. The fraction of sp³-hybridized carbons (Fsp3) is 0.692. The Balaban J connectivity index is 1.58. The molecule has 1 atom stereocenters. The van der Waals surface area contributed by atoms with E-state index in [4.69, 9.17) is 0 Å². The zero-order valence-electron chi connectivity index (χ0n) is 10.5. The van der Waals surface area contributed by atoms with Crippen molar-refractivity contribution in [3.63, 3.8) is 0 Å². The summed E-state index contributed by atoms with van der Waals surface area (Å²) in [6.45, 7) is 1.05. The molecule has 1 saturated heterocycles. The summed E-state index contributed by atoms with van der Waals surface area (Å²) in [6, 6.07) is 0.361. The Morgan fingerprint density at radius 1 is 1.39 bits per heavy atom. The summed E-state index contributed by atoms with van der Waals surface area (Å²) in [5, 5.41) is 7.10. The maximum absolute atomic E-state index is 11.9. The molecular formula is C13H19N3OS. The average Bonchev–Trinajstić information content (AvgIpc) is 2.96. The van der Waals surface area contributed by atoms with Crippen LogP contribution in [0.1, 0.15) is 42.7 Å². The van der Waals surface area contributed by atoms with Gasteiger partial charge in [-0.1, -0.05) is 0 Å². The van der Waals surface area contributed by atoms with Crippen molar-refractivity contribution >= 4 is 22.4 Å². The molecule has 18 heavy (non-hydrogen) atoms. The van der Waals surface area contributed by atoms with Crippen molar-refractivity contribution in [3.05, 3.63) is 10.6 Å². The third-order valence-electron chi connectivity index (χ3n) is 3.69. The van der Waals surface area contributed by atoms with E-state index in [1.54, 1.807) is 11.3 Å². The Hall–Kier alpha value is -0.940. The van der Waals surface area contributed by atoms with Crippen LogP contribution in [-0.2, 0) is 17.6 Å². The first-order valence-electron chi connectivity index (χ1n) is 6.83. The smallest absolute Gasteiger partial charge is 0.227 e. The molecule has 2 N–H and O–H groups in total. The molecule has 1 amide bonds. The lowest BCUT2D eigenvalue weighted by Gasteiger charge is -2.08. The summed E-state index contributed by atoms with van der Waals surface area (Å²) in [5.74, 6) is 0.0977. The zero-order valence-corrected chi connectivity index (χ0v) is 11.3. The van der Waals surface area contributed by atoms with Crippen LogP contribution < -0.4 is 10.6 Å². The van der Waals surface area contributed by atoms with Crippen molar-refractivity contribution in [2.24, 2.45) is 0 Å². The van der Waals surface area contributed by atoms with Crippen molar-refractivity contribution in [2.75, 3.05) is 11.9 Å². The van der Waals surface area contributed by atoms with E-state index in [-0.39, 0.29) is 5.91 Å². The number of carbonyl (C=O) groups is 1. The predicted molar refractivity (Wildman–Crippen MR) is 73.0 cm³/mol. The first kappa shape index (κ1) is 12.1. The van der Waals surface area contributed by atoms with E-state index in [9.17, 15) is 4.79 Å². The third kappa shape index (κ3) is 2.72. The maximum atomic E-state index is 11.9. The molecule has 1 aromatic rings. The number of amides is 1. The summed E-state index contributed by atoms with van der Waals surface area (Å²) in [5.41, 5.74) is 1.21. The van der Waals surface area contributed by atoms with Gasteiger partial charge in [-0.25, -0.2) is 4.98 Å². The van der Waals surface area contributed by atoms with Gasteiger partial charge in [0.2, 0.25) is 5.91 Å². The van der Waals surface area contributed by atoms with Crippen LogP contribution in [0.2, 0.25) is 0 Å². The highest BCUT2D eigenvalue weighted by atomic mass is 32.1. The van der Waals surface area contributed by atoms with Crippen LogP contribution in [0.25, 0.3) is 0 Å². The van der Waals surface area contributed by atoms with Crippen molar-refractivity contribution in [2.45, 2.75) is 51.0 Å². The summed E-state index contributed by atoms with van der Waals surface area (Å²) >= 11 is 1.66. The minimum atomic E-state index is 0.0977. The molecule has 0 saturated carbocycles. The highest BCUT2D eigenvalue weighted by Crippen LogP contribution is 2.29. The molecule has 0 spiro atoms. The van der Waals surface area contributed by atoms with Gasteiger partial charge < -0.3 is 10.6 Å². The molecule has 1 aliphatic carbocycles. The van der Waals surface area contributed by atoms with Crippen LogP contribution in [0.5, 0.6) is 0 Å². The minimum absolute atomic E-state index is 0.0977. The lowest BCUT2D eigenvalue weighted by atomic mass is 10.0. The van der Waals surface area contributed by atoms with Gasteiger partial charge in [0.05, 0.1) is 5.69 Å². The molecule has 2 heterocycles. The molecule has 4 nitrogen and oxygen atoms in total. The van der Waals surface area contributed by atoms with E-state index in [0.717, 1.165) is 30.9 Å². The number of anilines is 1. The van der Waals surface area contributed by atoms with Crippen LogP contribution in [0.3, 0.4) is 0 Å². The fourth-order valence-electron chi connectivity index (χ4n) is 2.73. The molecule has 5 heteroatoms. The van der Waals surface area contributed by atoms with E-state index < -0.39 is 0 Å². The number of aromatic nitrogens is 1. The highest BCUT2D eigenvalue weighted by molar-refractivity contribution is 7.15. The number of carbonyl (C=O) groups excluding carboxylic acids is 1. The van der Waals surface area contributed by atoms with Crippen LogP contribution >= 0.6 is 11.3 Å². The van der Waals surface area contributed by atoms with Gasteiger partial charge >= 0.3 is 0 Å². The Labute approximate surface area is 111 Å². The molecule has 1 aromatic heterocycles. The van der Waals surface area contributed by atoms with Gasteiger partial charge in [0.15, 0.2) is 5.13 Å². The summed E-state index contributed by atoms with van der Waals surface area (Å²) in [7, 11) is 0. The Morgan fingerprint density at radius 2 is 2.28 bits per heavy atom. The molecule has 0 aromatic carbocycles. The fourth-order valence-corrected chi connectivity index (χ4v) is 3.80. The summed E-state index contributed by atoms with van der Waals surface area (Å²) in [6.07, 6.45) is 7.57. The number of fused-ring (bicyclic) bond motifs is 1. The SMILES string of the molecule is O=C(CC1CCCN1)Nc1nc2c(s1)CCCC2. The number of hydrogen-bond donors (Lipinski definition) is 2. The van der Waals surface area contributed by atoms with Gasteiger partial charge in [-0.05, 0) is 45.1 Å². The number of aryl methyl sites for hydroxylation is 2. The lowest BCUT2D eigenvalue weighted by Crippen LogP contribution is -2.27. The van der Waals surface area contributed by atoms with Gasteiger partial charge in [0.1, 0.15) is 0 Å². The highest BCUT2D eigenvalue weighted by Gasteiger charge is 2.20. The van der Waals surface area contributed by atoms with Crippen molar-refractivity contribution in [1.29, 1.82) is 0 Å². The normalized spacial score (nSPS) is 22.8. The van der Waals surface area contributed by atoms with E-state index in [0.29, 0.717) is 12.5 Å². The van der Waals surface area contributed by atoms with Gasteiger partial charge in [-0.2, -0.15) is 0 Å². The van der Waals surface area contributed by atoms with Crippen molar-refractivity contribution in [1.82, 2.24) is 10.3 Å². The standard InChI is InChI=1S/C13H19N3OS/c17-12(8-9-4-3-7-14-9)16-13-15-10-5-1-2-6-11(10)18-13/h9,14H,1-8H2,(H,15,16,17). The van der Waals surface area contributed by atoms with E-state index in [2.05, 4.69) is 15.6 Å². The second-order valence-electron chi connectivity index (χ2n) is 5.14. The predicted octanol–water partition coefficient (Wildman–Crippen LogP) is 2.10. The molecule has 0 bridgehead atoms. The van der Waals surface area contributed by atoms with Crippen LogP contribution in [0.15, 0.2) is 0 Å². The minimum Gasteiger partial charge on any atom is -0.313 e.